The number of likely N-dealkylation sites (tertiary alicyclic amines) is 1. The number of carbonyl (C=O) groups excluding carboxylic acids is 3. The number of aromatic nitrogens is 2. The maximum Gasteiger partial charge on any atom is 0.272 e. The van der Waals surface area contributed by atoms with Crippen molar-refractivity contribution in [1.29, 1.82) is 0 Å². The van der Waals surface area contributed by atoms with E-state index in [9.17, 15) is 18.8 Å². The smallest absolute Gasteiger partial charge is 0.272 e. The number of amides is 3. The van der Waals surface area contributed by atoms with Crippen LogP contribution in [0.5, 0.6) is 0 Å². The molecule has 0 aliphatic carbocycles. The summed E-state index contributed by atoms with van der Waals surface area (Å²) in [5, 5.41) is 9.99. The molecule has 1 fully saturated rings. The molecule has 2 aromatic rings. The Labute approximate surface area is 191 Å². The molecule has 176 valence electrons. The van der Waals surface area contributed by atoms with Gasteiger partial charge in [-0.15, -0.1) is 0 Å². The maximum absolute atomic E-state index is 13.1. The van der Waals surface area contributed by atoms with Gasteiger partial charge in [-0.3, -0.25) is 19.1 Å². The van der Waals surface area contributed by atoms with Crippen LogP contribution < -0.4 is 10.6 Å². The van der Waals surface area contributed by atoms with Crippen LogP contribution in [-0.2, 0) is 17.9 Å². The molecule has 2 aliphatic rings. The molecule has 2 aliphatic heterocycles. The number of likely N-dealkylation sites (N-methyl/N-ethyl adjacent to an activating group) is 1. The Hall–Kier alpha value is -3.27. The zero-order chi connectivity index (χ0) is 23.6. The third-order valence-corrected chi connectivity index (χ3v) is 6.50. The van der Waals surface area contributed by atoms with E-state index >= 15 is 0 Å². The summed E-state index contributed by atoms with van der Waals surface area (Å²) >= 11 is 0. The highest BCUT2D eigenvalue weighted by molar-refractivity contribution is 6.01. The molecule has 1 aromatic heterocycles. The molecule has 0 spiro atoms. The number of fused-ring (bicyclic) bond motifs is 1. The first kappa shape index (κ1) is 22.9. The lowest BCUT2D eigenvalue weighted by atomic mass is 9.96. The van der Waals surface area contributed by atoms with Gasteiger partial charge in [0.05, 0.1) is 6.54 Å². The lowest BCUT2D eigenvalue weighted by molar-refractivity contribution is -0.132. The lowest BCUT2D eigenvalue weighted by Gasteiger charge is -2.40. The van der Waals surface area contributed by atoms with Gasteiger partial charge in [-0.25, -0.2) is 4.39 Å². The Balaban J connectivity index is 1.41. The van der Waals surface area contributed by atoms with Gasteiger partial charge < -0.3 is 20.4 Å². The Morgan fingerprint density at radius 3 is 2.55 bits per heavy atom. The highest BCUT2D eigenvalue weighted by Gasteiger charge is 2.46. The lowest BCUT2D eigenvalue weighted by Crippen LogP contribution is -2.62. The Morgan fingerprint density at radius 2 is 1.85 bits per heavy atom. The van der Waals surface area contributed by atoms with Crippen molar-refractivity contribution < 1.29 is 18.8 Å². The Morgan fingerprint density at radius 1 is 1.15 bits per heavy atom. The summed E-state index contributed by atoms with van der Waals surface area (Å²) in [7, 11) is 1.56. The molecule has 10 heteroatoms. The first-order valence-corrected chi connectivity index (χ1v) is 11.2. The number of hydrogen-bond donors (Lipinski definition) is 2. The summed E-state index contributed by atoms with van der Waals surface area (Å²) in [6.45, 7) is 5.37. The van der Waals surface area contributed by atoms with Crippen molar-refractivity contribution in [1.82, 2.24) is 30.2 Å². The van der Waals surface area contributed by atoms with Crippen molar-refractivity contribution in [3.05, 3.63) is 53.1 Å². The fraction of sp³-hybridized carbons (Fsp3) is 0.478. The number of nitrogens with zero attached hydrogens (tertiary/aromatic N) is 4. The molecule has 4 rings (SSSR count). The van der Waals surface area contributed by atoms with E-state index in [1.165, 1.54) is 40.6 Å². The van der Waals surface area contributed by atoms with Crippen LogP contribution in [0.2, 0.25) is 0 Å². The van der Waals surface area contributed by atoms with Gasteiger partial charge in [0.15, 0.2) is 5.69 Å². The molecule has 2 N–H and O–H groups in total. The Bertz CT molecular complexity index is 1050. The second-order valence-electron chi connectivity index (χ2n) is 8.82. The van der Waals surface area contributed by atoms with Crippen molar-refractivity contribution in [2.45, 2.75) is 38.4 Å². The van der Waals surface area contributed by atoms with E-state index in [-0.39, 0.29) is 48.0 Å². The molecule has 3 heterocycles. The Kier molecular flexibility index (Phi) is 6.46. The van der Waals surface area contributed by atoms with E-state index in [4.69, 9.17) is 0 Å². The molecule has 1 saturated heterocycles. The number of nitrogens with one attached hydrogen (secondary N) is 2. The standard InChI is InChI=1S/C23H29FN6O3/c1-23(22(33)26-14-16-5-7-17(24)8-6-16)15-30-19(21(32)28(23)2)13-18(27-30)20(31)25-9-12-29-10-3-4-11-29/h5-8,13H,3-4,9-12,14-15H2,1-2H3,(H,25,31)(H,26,33)/t23-/m1/s1. The summed E-state index contributed by atoms with van der Waals surface area (Å²) < 4.78 is 14.5. The minimum atomic E-state index is -1.19. The highest BCUT2D eigenvalue weighted by atomic mass is 19.1. The number of hydrogen-bond acceptors (Lipinski definition) is 5. The second-order valence-corrected chi connectivity index (χ2v) is 8.82. The molecule has 3 amide bonds. The highest BCUT2D eigenvalue weighted by Crippen LogP contribution is 2.26. The molecule has 9 nitrogen and oxygen atoms in total. The van der Waals surface area contributed by atoms with Crippen LogP contribution in [0.15, 0.2) is 30.3 Å². The van der Waals surface area contributed by atoms with E-state index in [1.807, 2.05) is 0 Å². The molecule has 0 bridgehead atoms. The van der Waals surface area contributed by atoms with Crippen molar-refractivity contribution in [3.63, 3.8) is 0 Å². The number of rotatable bonds is 7. The van der Waals surface area contributed by atoms with Crippen molar-refractivity contribution >= 4 is 17.7 Å². The number of benzene rings is 1. The van der Waals surface area contributed by atoms with Gasteiger partial charge in [0.1, 0.15) is 17.1 Å². The quantitative estimate of drug-likeness (QED) is 0.648. The molecule has 1 atom stereocenters. The molecular formula is C23H29FN6O3. The number of halogens is 1. The zero-order valence-corrected chi connectivity index (χ0v) is 18.9. The minimum Gasteiger partial charge on any atom is -0.350 e. The SMILES string of the molecule is CN1C(=O)c2cc(C(=O)NCCN3CCCC3)nn2C[C@]1(C)C(=O)NCc1ccc(F)cc1. The van der Waals surface area contributed by atoms with Crippen molar-refractivity contribution in [2.75, 3.05) is 33.2 Å². The summed E-state index contributed by atoms with van der Waals surface area (Å²) in [4.78, 5) is 42.2. The minimum absolute atomic E-state index is 0.112. The van der Waals surface area contributed by atoms with Crippen LogP contribution in [0.25, 0.3) is 0 Å². The normalized spacial score (nSPS) is 20.6. The molecular weight excluding hydrogens is 427 g/mol. The van der Waals surface area contributed by atoms with E-state index in [0.717, 1.165) is 25.2 Å². The van der Waals surface area contributed by atoms with Crippen LogP contribution in [0.4, 0.5) is 4.39 Å². The molecule has 0 saturated carbocycles. The van der Waals surface area contributed by atoms with Crippen LogP contribution >= 0.6 is 0 Å². The molecule has 0 radical (unpaired) electrons. The number of carbonyl (C=O) groups is 3. The average molecular weight is 457 g/mol. The summed E-state index contributed by atoms with van der Waals surface area (Å²) in [5.41, 5.74) is -0.0273. The summed E-state index contributed by atoms with van der Waals surface area (Å²) in [6.07, 6.45) is 2.38. The van der Waals surface area contributed by atoms with Gasteiger partial charge in [-0.05, 0) is 50.6 Å². The predicted octanol–water partition coefficient (Wildman–Crippen LogP) is 1.01. The molecule has 0 unspecified atom stereocenters. The van der Waals surface area contributed by atoms with E-state index in [0.29, 0.717) is 6.54 Å². The maximum atomic E-state index is 13.1. The van der Waals surface area contributed by atoms with Gasteiger partial charge in [-0.1, -0.05) is 12.1 Å². The van der Waals surface area contributed by atoms with Gasteiger partial charge in [0.2, 0.25) is 5.91 Å². The largest absolute Gasteiger partial charge is 0.350 e. The molecule has 33 heavy (non-hydrogen) atoms. The van der Waals surface area contributed by atoms with Crippen LogP contribution in [0.1, 0.15) is 46.3 Å². The van der Waals surface area contributed by atoms with Gasteiger partial charge in [-0.2, -0.15) is 5.10 Å². The first-order valence-electron chi connectivity index (χ1n) is 11.2. The van der Waals surface area contributed by atoms with E-state index in [2.05, 4.69) is 20.6 Å². The van der Waals surface area contributed by atoms with Crippen molar-refractivity contribution in [2.24, 2.45) is 0 Å². The zero-order valence-electron chi connectivity index (χ0n) is 18.9. The van der Waals surface area contributed by atoms with E-state index < -0.39 is 5.54 Å². The third kappa shape index (κ3) is 4.75. The van der Waals surface area contributed by atoms with Crippen LogP contribution in [-0.4, -0.2) is 76.1 Å². The van der Waals surface area contributed by atoms with Gasteiger partial charge in [0, 0.05) is 32.7 Å². The van der Waals surface area contributed by atoms with Gasteiger partial charge in [0.25, 0.3) is 11.8 Å². The van der Waals surface area contributed by atoms with Crippen LogP contribution in [0, 0.1) is 5.82 Å². The second kappa shape index (κ2) is 9.30. The topological polar surface area (TPSA) is 99.6 Å². The third-order valence-electron chi connectivity index (χ3n) is 6.50. The van der Waals surface area contributed by atoms with Crippen LogP contribution in [0.3, 0.4) is 0 Å². The predicted molar refractivity (Wildman–Crippen MR) is 119 cm³/mol. The monoisotopic (exact) mass is 456 g/mol. The molecule has 1 aromatic carbocycles. The van der Waals surface area contributed by atoms with E-state index in [1.54, 1.807) is 26.1 Å². The average Bonchev–Trinajstić information content (AvgIpc) is 3.47. The summed E-state index contributed by atoms with van der Waals surface area (Å²) in [6, 6.07) is 7.31. The fourth-order valence-corrected chi connectivity index (χ4v) is 4.24. The van der Waals surface area contributed by atoms with Gasteiger partial charge >= 0.3 is 0 Å². The van der Waals surface area contributed by atoms with Crippen molar-refractivity contribution in [3.8, 4) is 0 Å². The fourth-order valence-electron chi connectivity index (χ4n) is 4.24. The first-order chi connectivity index (χ1) is 15.8. The summed E-state index contributed by atoms with van der Waals surface area (Å²) in [5.74, 6) is -1.43.